The molecule has 0 fully saturated rings. The van der Waals surface area contributed by atoms with E-state index in [9.17, 15) is 0 Å². The molecule has 0 aliphatic rings. The van der Waals surface area contributed by atoms with E-state index in [1.54, 1.807) is 6.20 Å². The largest absolute Gasteiger partial charge is 0.491 e. The summed E-state index contributed by atoms with van der Waals surface area (Å²) in [5, 5.41) is 4.90. The first kappa shape index (κ1) is 15.9. The molecule has 0 aliphatic carbocycles. The van der Waals surface area contributed by atoms with Crippen LogP contribution in [0, 0.1) is 0 Å². The van der Waals surface area contributed by atoms with Crippen molar-refractivity contribution in [1.29, 1.82) is 0 Å². The van der Waals surface area contributed by atoms with Gasteiger partial charge in [0.05, 0.1) is 29.1 Å². The molecule has 0 amide bonds. The Morgan fingerprint density at radius 3 is 2.81 bits per heavy atom. The lowest BCUT2D eigenvalue weighted by atomic mass is 10.0. The second-order valence-electron chi connectivity index (χ2n) is 5.32. The Bertz CT molecular complexity index is 595. The van der Waals surface area contributed by atoms with E-state index in [1.807, 2.05) is 42.8 Å². The standard InChI is InChI=1S/C16H22ClN3O/c1-4-8-20-16(14(17)10-19-20)15(18)12-6-5-7-13(9-12)21-11(2)3/h5-7,9-11,15H,4,8,18H2,1-3H3. The molecule has 0 aliphatic heterocycles. The molecule has 1 atom stereocenters. The molecule has 2 aromatic rings. The number of hydrogen-bond donors (Lipinski definition) is 1. The molecule has 2 N–H and O–H groups in total. The lowest BCUT2D eigenvalue weighted by molar-refractivity contribution is 0.242. The number of hydrogen-bond acceptors (Lipinski definition) is 3. The molecule has 114 valence electrons. The van der Waals surface area contributed by atoms with Gasteiger partial charge >= 0.3 is 0 Å². The molecule has 1 aromatic carbocycles. The zero-order chi connectivity index (χ0) is 15.4. The molecule has 1 unspecified atom stereocenters. The Labute approximate surface area is 130 Å². The summed E-state index contributed by atoms with van der Waals surface area (Å²) < 4.78 is 7.60. The second-order valence-corrected chi connectivity index (χ2v) is 5.72. The van der Waals surface area contributed by atoms with Gasteiger partial charge in [0.1, 0.15) is 5.75 Å². The molecule has 0 bridgehead atoms. The third-order valence-electron chi connectivity index (χ3n) is 3.15. The number of rotatable bonds is 6. The van der Waals surface area contributed by atoms with Crippen LogP contribution in [0.15, 0.2) is 30.5 Å². The van der Waals surface area contributed by atoms with E-state index in [0.717, 1.165) is 30.0 Å². The van der Waals surface area contributed by atoms with Crippen LogP contribution in [0.5, 0.6) is 5.75 Å². The van der Waals surface area contributed by atoms with Crippen molar-refractivity contribution >= 4 is 11.6 Å². The summed E-state index contributed by atoms with van der Waals surface area (Å²) in [5.41, 5.74) is 8.20. The molecule has 0 radical (unpaired) electrons. The quantitative estimate of drug-likeness (QED) is 0.883. The smallest absolute Gasteiger partial charge is 0.120 e. The van der Waals surface area contributed by atoms with Gasteiger partial charge in [0.2, 0.25) is 0 Å². The van der Waals surface area contributed by atoms with Crippen LogP contribution in [-0.2, 0) is 6.54 Å². The minimum absolute atomic E-state index is 0.130. The highest BCUT2D eigenvalue weighted by atomic mass is 35.5. The Morgan fingerprint density at radius 1 is 1.38 bits per heavy atom. The van der Waals surface area contributed by atoms with Crippen molar-refractivity contribution in [2.24, 2.45) is 5.73 Å². The summed E-state index contributed by atoms with van der Waals surface area (Å²) in [6, 6.07) is 7.51. The first-order valence-corrected chi connectivity index (χ1v) is 7.64. The van der Waals surface area contributed by atoms with E-state index in [2.05, 4.69) is 12.0 Å². The molecule has 1 heterocycles. The molecule has 0 saturated carbocycles. The SMILES string of the molecule is CCCn1ncc(Cl)c1C(N)c1cccc(OC(C)C)c1. The number of nitrogens with zero attached hydrogens (tertiary/aromatic N) is 2. The lowest BCUT2D eigenvalue weighted by Gasteiger charge is -2.17. The van der Waals surface area contributed by atoms with Gasteiger partial charge in [-0.05, 0) is 38.0 Å². The van der Waals surface area contributed by atoms with Crippen molar-refractivity contribution in [2.45, 2.75) is 45.9 Å². The molecular weight excluding hydrogens is 286 g/mol. The summed E-state index contributed by atoms with van der Waals surface area (Å²) in [4.78, 5) is 0. The average Bonchev–Trinajstić information content (AvgIpc) is 2.79. The summed E-state index contributed by atoms with van der Waals surface area (Å²) in [7, 11) is 0. The Morgan fingerprint density at radius 2 is 2.14 bits per heavy atom. The fourth-order valence-electron chi connectivity index (χ4n) is 2.28. The number of aryl methyl sites for hydroxylation is 1. The monoisotopic (exact) mass is 307 g/mol. The minimum atomic E-state index is -0.317. The maximum Gasteiger partial charge on any atom is 0.120 e. The molecule has 0 saturated heterocycles. The van der Waals surface area contributed by atoms with Gasteiger partial charge in [-0.3, -0.25) is 4.68 Å². The molecule has 4 nitrogen and oxygen atoms in total. The Balaban J connectivity index is 2.31. The van der Waals surface area contributed by atoms with Gasteiger partial charge in [-0.15, -0.1) is 0 Å². The average molecular weight is 308 g/mol. The van der Waals surface area contributed by atoms with Crippen molar-refractivity contribution in [1.82, 2.24) is 9.78 Å². The van der Waals surface area contributed by atoms with E-state index in [1.165, 1.54) is 0 Å². The summed E-state index contributed by atoms with van der Waals surface area (Å²) in [5.74, 6) is 0.815. The zero-order valence-corrected chi connectivity index (χ0v) is 13.5. The highest BCUT2D eigenvalue weighted by Gasteiger charge is 2.19. The van der Waals surface area contributed by atoms with Gasteiger partial charge in [-0.2, -0.15) is 5.10 Å². The normalized spacial score (nSPS) is 12.7. The zero-order valence-electron chi connectivity index (χ0n) is 12.7. The number of ether oxygens (including phenoxy) is 1. The summed E-state index contributed by atoms with van der Waals surface area (Å²) in [6.07, 6.45) is 2.76. The van der Waals surface area contributed by atoms with Gasteiger partial charge in [0.15, 0.2) is 0 Å². The maximum atomic E-state index is 6.39. The third kappa shape index (κ3) is 3.77. The van der Waals surface area contributed by atoms with Crippen LogP contribution in [0.2, 0.25) is 5.02 Å². The van der Waals surface area contributed by atoms with Crippen LogP contribution < -0.4 is 10.5 Å². The van der Waals surface area contributed by atoms with Crippen LogP contribution >= 0.6 is 11.6 Å². The lowest BCUT2D eigenvalue weighted by Crippen LogP contribution is -2.18. The second kappa shape index (κ2) is 6.96. The van der Waals surface area contributed by atoms with Gasteiger partial charge in [-0.25, -0.2) is 0 Å². The fraction of sp³-hybridized carbons (Fsp3) is 0.438. The Hall–Kier alpha value is -1.52. The van der Waals surface area contributed by atoms with Crippen molar-refractivity contribution in [2.75, 3.05) is 0 Å². The van der Waals surface area contributed by atoms with Gasteiger partial charge < -0.3 is 10.5 Å². The molecule has 5 heteroatoms. The van der Waals surface area contributed by atoms with Crippen molar-refractivity contribution in [3.63, 3.8) is 0 Å². The number of nitrogens with two attached hydrogens (primary N) is 1. The van der Waals surface area contributed by atoms with E-state index in [0.29, 0.717) is 5.02 Å². The van der Waals surface area contributed by atoms with Gasteiger partial charge in [0, 0.05) is 6.54 Å². The van der Waals surface area contributed by atoms with E-state index in [-0.39, 0.29) is 12.1 Å². The molecule has 0 spiro atoms. The number of halogens is 1. The predicted molar refractivity (Wildman–Crippen MR) is 85.8 cm³/mol. The van der Waals surface area contributed by atoms with Crippen LogP contribution in [0.1, 0.15) is 44.5 Å². The topological polar surface area (TPSA) is 53.1 Å². The molecular formula is C16H22ClN3O. The van der Waals surface area contributed by atoms with Gasteiger partial charge in [-0.1, -0.05) is 30.7 Å². The van der Waals surface area contributed by atoms with E-state index in [4.69, 9.17) is 22.1 Å². The number of aromatic nitrogens is 2. The van der Waals surface area contributed by atoms with Crippen molar-refractivity contribution in [3.05, 3.63) is 46.7 Å². The molecule has 1 aromatic heterocycles. The fourth-order valence-corrected chi connectivity index (χ4v) is 2.54. The van der Waals surface area contributed by atoms with Crippen molar-refractivity contribution in [3.8, 4) is 5.75 Å². The van der Waals surface area contributed by atoms with Crippen LogP contribution in [0.3, 0.4) is 0 Å². The summed E-state index contributed by atoms with van der Waals surface area (Å²) >= 11 is 6.25. The molecule has 21 heavy (non-hydrogen) atoms. The van der Waals surface area contributed by atoms with Crippen LogP contribution in [0.25, 0.3) is 0 Å². The first-order valence-electron chi connectivity index (χ1n) is 7.26. The van der Waals surface area contributed by atoms with E-state index < -0.39 is 0 Å². The van der Waals surface area contributed by atoms with Crippen molar-refractivity contribution < 1.29 is 4.74 Å². The highest BCUT2D eigenvalue weighted by molar-refractivity contribution is 6.31. The van der Waals surface area contributed by atoms with E-state index >= 15 is 0 Å². The van der Waals surface area contributed by atoms with Crippen LogP contribution in [0.4, 0.5) is 0 Å². The maximum absolute atomic E-state index is 6.39. The minimum Gasteiger partial charge on any atom is -0.491 e. The highest BCUT2D eigenvalue weighted by Crippen LogP contribution is 2.28. The first-order chi connectivity index (χ1) is 10.0. The molecule has 2 rings (SSSR count). The predicted octanol–water partition coefficient (Wildman–Crippen LogP) is 3.78. The van der Waals surface area contributed by atoms with Gasteiger partial charge in [0.25, 0.3) is 0 Å². The Kier molecular flexibility index (Phi) is 5.26. The van der Waals surface area contributed by atoms with Crippen LogP contribution in [-0.4, -0.2) is 15.9 Å². The summed E-state index contributed by atoms with van der Waals surface area (Å²) in [6.45, 7) is 6.90. The third-order valence-corrected chi connectivity index (χ3v) is 3.44. The number of benzene rings is 1.